The number of aliphatic hydroxyl groups is 1. The van der Waals surface area contributed by atoms with Crippen LogP contribution in [0.25, 0.3) is 0 Å². The van der Waals surface area contributed by atoms with Gasteiger partial charge in [0.15, 0.2) is 0 Å². The molecular weight excluding hydrogens is 350 g/mol. The van der Waals surface area contributed by atoms with Gasteiger partial charge in [-0.3, -0.25) is 0 Å². The number of rotatable bonds is 8. The van der Waals surface area contributed by atoms with Crippen molar-refractivity contribution in [2.45, 2.75) is 25.5 Å². The van der Waals surface area contributed by atoms with Crippen LogP contribution in [0.3, 0.4) is 0 Å². The highest BCUT2D eigenvalue weighted by Gasteiger charge is 2.09. The lowest BCUT2D eigenvalue weighted by Crippen LogP contribution is -2.37. The van der Waals surface area contributed by atoms with Gasteiger partial charge in [-0.1, -0.05) is 28.1 Å². The van der Waals surface area contributed by atoms with Crippen LogP contribution in [0, 0.1) is 0 Å². The zero-order valence-electron chi connectivity index (χ0n) is 12.0. The molecule has 0 saturated carbocycles. The molecule has 0 fully saturated rings. The average molecular weight is 370 g/mol. The Labute approximate surface area is 138 Å². The van der Waals surface area contributed by atoms with Crippen LogP contribution in [0.2, 0.25) is 0 Å². The highest BCUT2D eigenvalue weighted by molar-refractivity contribution is 9.10. The summed E-state index contributed by atoms with van der Waals surface area (Å²) < 4.78 is 6.54. The third-order valence-corrected chi connectivity index (χ3v) is 4.42. The highest BCUT2D eigenvalue weighted by Crippen LogP contribution is 2.17. The van der Waals surface area contributed by atoms with E-state index in [1.807, 2.05) is 24.3 Å². The minimum atomic E-state index is -0.519. The van der Waals surface area contributed by atoms with Crippen LogP contribution in [0.1, 0.15) is 11.8 Å². The van der Waals surface area contributed by atoms with Crippen LogP contribution in [0.5, 0.6) is 5.75 Å². The molecule has 114 valence electrons. The average Bonchev–Trinajstić information content (AvgIpc) is 2.96. The van der Waals surface area contributed by atoms with Gasteiger partial charge in [0.2, 0.25) is 0 Å². The van der Waals surface area contributed by atoms with Crippen molar-refractivity contribution in [3.63, 3.8) is 0 Å². The standard InChI is InChI=1S/C16H20BrNO2S/c1-12(8-16-6-3-7-21-16)18-10-14(19)11-20-15-5-2-4-13(17)9-15/h2-7,9,12,14,18-19H,8,10-11H2,1H3. The lowest BCUT2D eigenvalue weighted by Gasteiger charge is -2.17. The zero-order valence-corrected chi connectivity index (χ0v) is 14.4. The molecule has 1 aromatic carbocycles. The minimum Gasteiger partial charge on any atom is -0.491 e. The number of ether oxygens (including phenoxy) is 1. The summed E-state index contributed by atoms with van der Waals surface area (Å²) in [6.45, 7) is 2.94. The number of benzene rings is 1. The van der Waals surface area contributed by atoms with E-state index in [0.29, 0.717) is 12.6 Å². The topological polar surface area (TPSA) is 41.5 Å². The van der Waals surface area contributed by atoms with E-state index in [0.717, 1.165) is 16.6 Å². The molecule has 1 aromatic heterocycles. The molecule has 0 radical (unpaired) electrons. The second-order valence-electron chi connectivity index (χ2n) is 5.01. The quantitative estimate of drug-likeness (QED) is 0.748. The van der Waals surface area contributed by atoms with E-state index in [2.05, 4.69) is 45.7 Å². The number of aliphatic hydroxyl groups excluding tert-OH is 1. The predicted octanol–water partition coefficient (Wildman–Crippen LogP) is 3.47. The Morgan fingerprint density at radius 1 is 1.33 bits per heavy atom. The summed E-state index contributed by atoms with van der Waals surface area (Å²) in [5.74, 6) is 0.759. The molecule has 1 heterocycles. The van der Waals surface area contributed by atoms with E-state index in [1.165, 1.54) is 4.88 Å². The highest BCUT2D eigenvalue weighted by atomic mass is 79.9. The van der Waals surface area contributed by atoms with Gasteiger partial charge in [-0.2, -0.15) is 0 Å². The molecule has 0 aliphatic rings. The lowest BCUT2D eigenvalue weighted by atomic mass is 10.2. The molecule has 0 saturated heterocycles. The second-order valence-corrected chi connectivity index (χ2v) is 6.96. The van der Waals surface area contributed by atoms with Gasteiger partial charge in [-0.25, -0.2) is 0 Å². The molecule has 3 nitrogen and oxygen atoms in total. The van der Waals surface area contributed by atoms with E-state index in [-0.39, 0.29) is 6.61 Å². The van der Waals surface area contributed by atoms with Crippen molar-refractivity contribution in [1.29, 1.82) is 0 Å². The van der Waals surface area contributed by atoms with Crippen molar-refractivity contribution in [3.05, 3.63) is 51.1 Å². The van der Waals surface area contributed by atoms with Crippen molar-refractivity contribution < 1.29 is 9.84 Å². The molecule has 0 aliphatic carbocycles. The van der Waals surface area contributed by atoms with Crippen LogP contribution in [0.4, 0.5) is 0 Å². The first kappa shape index (κ1) is 16.5. The Hall–Kier alpha value is -0.880. The van der Waals surface area contributed by atoms with Gasteiger partial charge in [0.05, 0.1) is 0 Å². The van der Waals surface area contributed by atoms with Gasteiger partial charge in [-0.15, -0.1) is 11.3 Å². The zero-order chi connectivity index (χ0) is 15.1. The van der Waals surface area contributed by atoms with Crippen LogP contribution >= 0.6 is 27.3 Å². The summed E-state index contributed by atoms with van der Waals surface area (Å²) in [4.78, 5) is 1.36. The van der Waals surface area contributed by atoms with Crippen molar-refractivity contribution in [2.75, 3.05) is 13.2 Å². The first-order valence-corrected chi connectivity index (χ1v) is 8.63. The fourth-order valence-corrected chi connectivity index (χ4v) is 3.16. The minimum absolute atomic E-state index is 0.287. The van der Waals surface area contributed by atoms with Gasteiger partial charge in [0.1, 0.15) is 18.5 Å². The van der Waals surface area contributed by atoms with Crippen LogP contribution < -0.4 is 10.1 Å². The molecule has 5 heteroatoms. The van der Waals surface area contributed by atoms with Crippen molar-refractivity contribution in [2.24, 2.45) is 0 Å². The normalized spacial score (nSPS) is 13.9. The van der Waals surface area contributed by atoms with Crippen LogP contribution in [-0.2, 0) is 6.42 Å². The molecule has 0 bridgehead atoms. The molecule has 2 unspecified atom stereocenters. The molecule has 2 rings (SSSR count). The first-order chi connectivity index (χ1) is 10.1. The predicted molar refractivity (Wildman–Crippen MR) is 91.1 cm³/mol. The number of nitrogens with one attached hydrogen (secondary N) is 1. The maximum Gasteiger partial charge on any atom is 0.120 e. The molecule has 2 N–H and O–H groups in total. The summed E-state index contributed by atoms with van der Waals surface area (Å²) in [7, 11) is 0. The summed E-state index contributed by atoms with van der Waals surface area (Å²) in [5, 5.41) is 15.4. The van der Waals surface area contributed by atoms with E-state index in [4.69, 9.17) is 4.74 Å². The third kappa shape index (κ3) is 6.18. The van der Waals surface area contributed by atoms with E-state index in [1.54, 1.807) is 11.3 Å². The van der Waals surface area contributed by atoms with Crippen LogP contribution in [0.15, 0.2) is 46.3 Å². The van der Waals surface area contributed by atoms with Crippen molar-refractivity contribution >= 4 is 27.3 Å². The Bertz CT molecular complexity index is 533. The monoisotopic (exact) mass is 369 g/mol. The number of hydrogen-bond acceptors (Lipinski definition) is 4. The maximum atomic E-state index is 9.96. The van der Waals surface area contributed by atoms with Gasteiger partial charge in [-0.05, 0) is 43.0 Å². The fraction of sp³-hybridized carbons (Fsp3) is 0.375. The Balaban J connectivity index is 1.66. The summed E-state index contributed by atoms with van der Waals surface area (Å²) >= 11 is 5.16. The second kappa shape index (κ2) is 8.54. The number of thiophene rings is 1. The Kier molecular flexibility index (Phi) is 6.70. The van der Waals surface area contributed by atoms with Gasteiger partial charge < -0.3 is 15.2 Å². The summed E-state index contributed by atoms with van der Waals surface area (Å²) in [6, 6.07) is 12.2. The fourth-order valence-electron chi connectivity index (χ4n) is 1.95. The van der Waals surface area contributed by atoms with Crippen molar-refractivity contribution in [3.8, 4) is 5.75 Å². The number of halogens is 1. The van der Waals surface area contributed by atoms with Gasteiger partial charge in [0.25, 0.3) is 0 Å². The molecule has 2 aromatic rings. The Morgan fingerprint density at radius 3 is 2.90 bits per heavy atom. The maximum absolute atomic E-state index is 9.96. The third-order valence-electron chi connectivity index (χ3n) is 3.03. The van der Waals surface area contributed by atoms with Crippen LogP contribution in [-0.4, -0.2) is 30.4 Å². The lowest BCUT2D eigenvalue weighted by molar-refractivity contribution is 0.104. The van der Waals surface area contributed by atoms with Crippen molar-refractivity contribution in [1.82, 2.24) is 5.32 Å². The number of hydrogen-bond donors (Lipinski definition) is 2. The molecule has 0 amide bonds. The van der Waals surface area contributed by atoms with E-state index >= 15 is 0 Å². The van der Waals surface area contributed by atoms with E-state index in [9.17, 15) is 5.11 Å². The summed E-state index contributed by atoms with van der Waals surface area (Å²) in [5.41, 5.74) is 0. The Morgan fingerprint density at radius 2 is 2.19 bits per heavy atom. The smallest absolute Gasteiger partial charge is 0.120 e. The van der Waals surface area contributed by atoms with Gasteiger partial charge in [0, 0.05) is 21.9 Å². The molecular formula is C16H20BrNO2S. The molecule has 2 atom stereocenters. The largest absolute Gasteiger partial charge is 0.491 e. The molecule has 0 aliphatic heterocycles. The first-order valence-electron chi connectivity index (χ1n) is 6.95. The van der Waals surface area contributed by atoms with E-state index < -0.39 is 6.10 Å². The van der Waals surface area contributed by atoms with Gasteiger partial charge >= 0.3 is 0 Å². The molecule has 21 heavy (non-hydrogen) atoms. The SMILES string of the molecule is CC(Cc1cccs1)NCC(O)COc1cccc(Br)c1. The molecule has 0 spiro atoms. The summed E-state index contributed by atoms with van der Waals surface area (Å²) in [6.07, 6.45) is 0.464.